The molecule has 130 valence electrons. The van der Waals surface area contributed by atoms with Crippen LogP contribution in [0.2, 0.25) is 0 Å². The second-order valence-corrected chi connectivity index (χ2v) is 7.01. The maximum Gasteiger partial charge on any atom is 0.339 e. The van der Waals surface area contributed by atoms with Crippen LogP contribution in [-0.2, 0) is 11.3 Å². The number of rotatable bonds is 4. The lowest BCUT2D eigenvalue weighted by Crippen LogP contribution is -2.27. The molecule has 8 heteroatoms. The molecule has 1 aliphatic rings. The van der Waals surface area contributed by atoms with Crippen LogP contribution in [0.4, 0.5) is 5.69 Å². The SMILES string of the molecule is Cc1oc(CNC(=O)c2ccc3c(c2)NC(=O)C(C)S3)cc1C(=O)O. The van der Waals surface area contributed by atoms with E-state index >= 15 is 0 Å². The molecule has 2 amide bonds. The summed E-state index contributed by atoms with van der Waals surface area (Å²) in [5, 5.41) is 14.3. The molecule has 3 rings (SSSR count). The summed E-state index contributed by atoms with van der Waals surface area (Å²) in [7, 11) is 0. The first-order valence-corrected chi connectivity index (χ1v) is 8.45. The van der Waals surface area contributed by atoms with Crippen molar-refractivity contribution in [3.8, 4) is 0 Å². The van der Waals surface area contributed by atoms with Crippen molar-refractivity contribution in [1.82, 2.24) is 5.32 Å². The number of hydrogen-bond donors (Lipinski definition) is 3. The van der Waals surface area contributed by atoms with E-state index in [1.165, 1.54) is 17.8 Å². The van der Waals surface area contributed by atoms with E-state index in [4.69, 9.17) is 9.52 Å². The minimum Gasteiger partial charge on any atom is -0.478 e. The zero-order chi connectivity index (χ0) is 18.1. The van der Waals surface area contributed by atoms with E-state index in [1.54, 1.807) is 25.1 Å². The largest absolute Gasteiger partial charge is 0.478 e. The molecular weight excluding hydrogens is 344 g/mol. The van der Waals surface area contributed by atoms with Crippen LogP contribution >= 0.6 is 11.8 Å². The van der Waals surface area contributed by atoms with Gasteiger partial charge in [0.1, 0.15) is 17.1 Å². The Morgan fingerprint density at radius 3 is 2.80 bits per heavy atom. The van der Waals surface area contributed by atoms with Crippen molar-refractivity contribution in [2.24, 2.45) is 0 Å². The van der Waals surface area contributed by atoms with Gasteiger partial charge in [0.15, 0.2) is 0 Å². The molecule has 0 radical (unpaired) electrons. The Balaban J connectivity index is 1.70. The number of furan rings is 1. The van der Waals surface area contributed by atoms with Gasteiger partial charge >= 0.3 is 5.97 Å². The van der Waals surface area contributed by atoms with Crippen LogP contribution in [0, 0.1) is 6.92 Å². The molecule has 0 saturated heterocycles. The fourth-order valence-electron chi connectivity index (χ4n) is 2.46. The molecular formula is C17H16N2O5S. The minimum atomic E-state index is -1.07. The van der Waals surface area contributed by atoms with E-state index < -0.39 is 5.97 Å². The highest BCUT2D eigenvalue weighted by molar-refractivity contribution is 8.00. The molecule has 2 heterocycles. The highest BCUT2D eigenvalue weighted by Gasteiger charge is 2.23. The normalized spacial score (nSPS) is 16.1. The van der Waals surface area contributed by atoms with Crippen LogP contribution in [0.1, 0.15) is 39.2 Å². The summed E-state index contributed by atoms with van der Waals surface area (Å²) in [6, 6.07) is 6.49. The number of aryl methyl sites for hydroxylation is 1. The van der Waals surface area contributed by atoms with Crippen LogP contribution < -0.4 is 10.6 Å². The first kappa shape index (κ1) is 17.1. The number of carbonyl (C=O) groups is 3. The number of aromatic carboxylic acids is 1. The standard InChI is InChI=1S/C17H16N2O5S/c1-8-12(17(22)23)6-11(24-8)7-18-16(21)10-3-4-14-13(5-10)19-15(20)9(2)25-14/h3-6,9H,7H2,1-2H3,(H,18,21)(H,19,20)(H,22,23). The highest BCUT2D eigenvalue weighted by Crippen LogP contribution is 2.35. The molecule has 1 aromatic heterocycles. The van der Waals surface area contributed by atoms with E-state index in [1.807, 2.05) is 6.92 Å². The summed E-state index contributed by atoms with van der Waals surface area (Å²) in [5.41, 5.74) is 1.09. The number of anilines is 1. The van der Waals surface area contributed by atoms with Crippen molar-refractivity contribution < 1.29 is 23.9 Å². The third kappa shape index (κ3) is 3.53. The van der Waals surface area contributed by atoms with Crippen molar-refractivity contribution in [3.63, 3.8) is 0 Å². The van der Waals surface area contributed by atoms with Gasteiger partial charge in [-0.15, -0.1) is 11.8 Å². The fourth-order valence-corrected chi connectivity index (χ4v) is 3.39. The van der Waals surface area contributed by atoms with Crippen molar-refractivity contribution in [1.29, 1.82) is 0 Å². The van der Waals surface area contributed by atoms with Crippen LogP contribution in [0.25, 0.3) is 0 Å². The second-order valence-electron chi connectivity index (χ2n) is 5.63. The van der Waals surface area contributed by atoms with E-state index in [9.17, 15) is 14.4 Å². The number of carboxylic acid groups (broad SMARTS) is 1. The molecule has 0 spiro atoms. The summed E-state index contributed by atoms with van der Waals surface area (Å²) in [4.78, 5) is 35.9. The maximum atomic E-state index is 12.3. The number of hydrogen-bond acceptors (Lipinski definition) is 5. The number of carbonyl (C=O) groups excluding carboxylic acids is 2. The van der Waals surface area contributed by atoms with Gasteiger partial charge in [0.2, 0.25) is 5.91 Å². The number of nitrogens with one attached hydrogen (secondary N) is 2. The van der Waals surface area contributed by atoms with Crippen LogP contribution in [0.3, 0.4) is 0 Å². The lowest BCUT2D eigenvalue weighted by molar-refractivity contribution is -0.115. The summed E-state index contributed by atoms with van der Waals surface area (Å²) in [5.74, 6) is -0.858. The van der Waals surface area contributed by atoms with Crippen LogP contribution in [0.5, 0.6) is 0 Å². The van der Waals surface area contributed by atoms with Gasteiger partial charge in [0, 0.05) is 10.5 Å². The molecule has 1 aromatic carbocycles. The van der Waals surface area contributed by atoms with Crippen molar-refractivity contribution in [2.45, 2.75) is 30.5 Å². The molecule has 1 unspecified atom stereocenters. The van der Waals surface area contributed by atoms with Crippen LogP contribution in [-0.4, -0.2) is 28.1 Å². The lowest BCUT2D eigenvalue weighted by atomic mass is 10.1. The van der Waals surface area contributed by atoms with E-state index in [0.717, 1.165) is 4.90 Å². The third-order valence-electron chi connectivity index (χ3n) is 3.79. The molecule has 25 heavy (non-hydrogen) atoms. The smallest absolute Gasteiger partial charge is 0.339 e. The van der Waals surface area contributed by atoms with Gasteiger partial charge in [-0.3, -0.25) is 9.59 Å². The quantitative estimate of drug-likeness (QED) is 0.773. The Kier molecular flexibility index (Phi) is 4.54. The number of benzene rings is 1. The molecule has 1 atom stereocenters. The van der Waals surface area contributed by atoms with Gasteiger partial charge in [0.25, 0.3) is 5.91 Å². The summed E-state index contributed by atoms with van der Waals surface area (Å²) >= 11 is 1.44. The van der Waals surface area contributed by atoms with Crippen molar-refractivity contribution in [3.05, 3.63) is 46.9 Å². The average molecular weight is 360 g/mol. The Morgan fingerprint density at radius 2 is 2.12 bits per heavy atom. The predicted octanol–water partition coefficient (Wildman–Crippen LogP) is 2.65. The topological polar surface area (TPSA) is 109 Å². The molecule has 2 aromatic rings. The van der Waals surface area contributed by atoms with Gasteiger partial charge in [-0.05, 0) is 38.1 Å². The monoisotopic (exact) mass is 360 g/mol. The lowest BCUT2D eigenvalue weighted by Gasteiger charge is -2.21. The van der Waals surface area contributed by atoms with Crippen molar-refractivity contribution >= 4 is 35.2 Å². The molecule has 0 bridgehead atoms. The maximum absolute atomic E-state index is 12.3. The second kappa shape index (κ2) is 6.64. The first-order valence-electron chi connectivity index (χ1n) is 7.57. The molecule has 1 aliphatic heterocycles. The van der Waals surface area contributed by atoms with Crippen molar-refractivity contribution in [2.75, 3.05) is 5.32 Å². The van der Waals surface area contributed by atoms with Crippen LogP contribution in [0.15, 0.2) is 33.6 Å². The summed E-state index contributed by atoms with van der Waals surface area (Å²) in [6.45, 7) is 3.45. The Labute approximate surface area is 147 Å². The third-order valence-corrected chi connectivity index (χ3v) is 4.97. The van der Waals surface area contributed by atoms with Gasteiger partial charge < -0.3 is 20.2 Å². The van der Waals surface area contributed by atoms with E-state index in [0.29, 0.717) is 22.8 Å². The Morgan fingerprint density at radius 1 is 1.36 bits per heavy atom. The zero-order valence-corrected chi connectivity index (χ0v) is 14.4. The molecule has 0 aliphatic carbocycles. The number of carboxylic acids is 1. The Bertz CT molecular complexity index is 874. The first-order chi connectivity index (χ1) is 11.8. The number of amides is 2. The van der Waals surface area contributed by atoms with E-state index in [2.05, 4.69) is 10.6 Å². The summed E-state index contributed by atoms with van der Waals surface area (Å²) < 4.78 is 5.32. The molecule has 3 N–H and O–H groups in total. The highest BCUT2D eigenvalue weighted by atomic mass is 32.2. The Hall–Kier alpha value is -2.74. The van der Waals surface area contributed by atoms with Gasteiger partial charge in [-0.25, -0.2) is 4.79 Å². The van der Waals surface area contributed by atoms with Gasteiger partial charge in [-0.2, -0.15) is 0 Å². The fraction of sp³-hybridized carbons (Fsp3) is 0.235. The van der Waals surface area contributed by atoms with Gasteiger partial charge in [-0.1, -0.05) is 0 Å². The molecule has 0 saturated carbocycles. The molecule has 7 nitrogen and oxygen atoms in total. The zero-order valence-electron chi connectivity index (χ0n) is 13.6. The number of fused-ring (bicyclic) bond motifs is 1. The van der Waals surface area contributed by atoms with E-state index in [-0.39, 0.29) is 29.2 Å². The minimum absolute atomic E-state index is 0.0716. The predicted molar refractivity (Wildman–Crippen MR) is 92.0 cm³/mol. The average Bonchev–Trinajstić information content (AvgIpc) is 2.94. The number of thioether (sulfide) groups is 1. The van der Waals surface area contributed by atoms with Gasteiger partial charge in [0.05, 0.1) is 17.5 Å². The summed E-state index contributed by atoms with van der Waals surface area (Å²) in [6.07, 6.45) is 0. The molecule has 0 fully saturated rings.